The van der Waals surface area contributed by atoms with Crippen molar-refractivity contribution in [3.05, 3.63) is 71.9 Å². The highest BCUT2D eigenvalue weighted by molar-refractivity contribution is 5.94. The molecule has 0 aliphatic rings. The SMILES string of the molecule is C#CCNC(=O)c1ccc(NCc2ccccc2Cn2cncn2)nc1. The Bertz CT molecular complexity index is 897. The monoisotopic (exact) mass is 346 g/mol. The molecule has 7 heteroatoms. The minimum Gasteiger partial charge on any atom is -0.366 e. The Balaban J connectivity index is 1.62. The van der Waals surface area contributed by atoms with Crippen molar-refractivity contribution in [1.29, 1.82) is 0 Å². The Morgan fingerprint density at radius 1 is 1.19 bits per heavy atom. The highest BCUT2D eigenvalue weighted by Gasteiger charge is 2.06. The van der Waals surface area contributed by atoms with Gasteiger partial charge in [0, 0.05) is 12.7 Å². The zero-order valence-electron chi connectivity index (χ0n) is 14.1. The maximum Gasteiger partial charge on any atom is 0.253 e. The van der Waals surface area contributed by atoms with E-state index in [0.29, 0.717) is 24.5 Å². The number of hydrogen-bond donors (Lipinski definition) is 2. The van der Waals surface area contributed by atoms with Crippen LogP contribution in [0.15, 0.2) is 55.2 Å². The van der Waals surface area contributed by atoms with Crippen molar-refractivity contribution in [1.82, 2.24) is 25.1 Å². The molecule has 3 rings (SSSR count). The topological polar surface area (TPSA) is 84.7 Å². The lowest BCUT2D eigenvalue weighted by Crippen LogP contribution is -2.23. The van der Waals surface area contributed by atoms with E-state index >= 15 is 0 Å². The van der Waals surface area contributed by atoms with Gasteiger partial charge < -0.3 is 10.6 Å². The van der Waals surface area contributed by atoms with Crippen LogP contribution >= 0.6 is 0 Å². The highest BCUT2D eigenvalue weighted by atomic mass is 16.1. The molecule has 1 amide bonds. The van der Waals surface area contributed by atoms with E-state index in [4.69, 9.17) is 6.42 Å². The molecule has 7 nitrogen and oxygen atoms in total. The van der Waals surface area contributed by atoms with Crippen molar-refractivity contribution < 1.29 is 4.79 Å². The minimum absolute atomic E-state index is 0.196. The second kappa shape index (κ2) is 8.44. The van der Waals surface area contributed by atoms with Crippen molar-refractivity contribution in [2.45, 2.75) is 13.1 Å². The van der Waals surface area contributed by atoms with Gasteiger partial charge in [-0.3, -0.25) is 4.79 Å². The van der Waals surface area contributed by atoms with E-state index in [-0.39, 0.29) is 12.5 Å². The summed E-state index contributed by atoms with van der Waals surface area (Å²) in [6.07, 6.45) is 9.86. The molecule has 3 aromatic rings. The van der Waals surface area contributed by atoms with Crippen molar-refractivity contribution in [3.63, 3.8) is 0 Å². The van der Waals surface area contributed by atoms with Crippen LogP contribution in [0, 0.1) is 12.3 Å². The van der Waals surface area contributed by atoms with Gasteiger partial charge in [-0.2, -0.15) is 5.10 Å². The molecule has 0 fully saturated rings. The minimum atomic E-state index is -0.236. The van der Waals surface area contributed by atoms with Crippen LogP contribution in [0.1, 0.15) is 21.5 Å². The Morgan fingerprint density at radius 2 is 2.04 bits per heavy atom. The van der Waals surface area contributed by atoms with Gasteiger partial charge >= 0.3 is 0 Å². The molecule has 0 bridgehead atoms. The van der Waals surface area contributed by atoms with E-state index in [1.165, 1.54) is 12.5 Å². The Hall–Kier alpha value is -3.66. The summed E-state index contributed by atoms with van der Waals surface area (Å²) in [5.74, 6) is 2.82. The highest BCUT2D eigenvalue weighted by Crippen LogP contribution is 2.13. The molecule has 0 spiro atoms. The van der Waals surface area contributed by atoms with Gasteiger partial charge in [-0.05, 0) is 23.3 Å². The lowest BCUT2D eigenvalue weighted by Gasteiger charge is -2.11. The lowest BCUT2D eigenvalue weighted by atomic mass is 10.1. The van der Waals surface area contributed by atoms with E-state index in [1.807, 2.05) is 12.1 Å². The first-order chi connectivity index (χ1) is 12.8. The second-order valence-electron chi connectivity index (χ2n) is 5.53. The van der Waals surface area contributed by atoms with Crippen LogP contribution in [0.3, 0.4) is 0 Å². The Labute approximate surface area is 151 Å². The van der Waals surface area contributed by atoms with Crippen LogP contribution in [0.2, 0.25) is 0 Å². The summed E-state index contributed by atoms with van der Waals surface area (Å²) in [6.45, 7) is 1.46. The maximum absolute atomic E-state index is 11.8. The van der Waals surface area contributed by atoms with Gasteiger partial charge in [-0.1, -0.05) is 30.2 Å². The standard InChI is InChI=1S/C19H18N6O/c1-2-9-21-19(26)16-7-8-18(23-11-16)22-10-15-5-3-4-6-17(15)12-25-14-20-13-24-25/h1,3-8,11,13-14H,9-10,12H2,(H,21,26)(H,22,23). The number of benzene rings is 1. The van der Waals surface area contributed by atoms with Crippen molar-refractivity contribution >= 4 is 11.7 Å². The van der Waals surface area contributed by atoms with Crippen molar-refractivity contribution in [2.24, 2.45) is 0 Å². The van der Waals surface area contributed by atoms with Gasteiger partial charge in [-0.15, -0.1) is 6.42 Å². The molecule has 2 heterocycles. The number of amides is 1. The number of anilines is 1. The number of carbonyl (C=O) groups is 1. The molecule has 1 aromatic carbocycles. The van der Waals surface area contributed by atoms with Crippen LogP contribution < -0.4 is 10.6 Å². The molecule has 26 heavy (non-hydrogen) atoms. The number of terminal acetylenes is 1. The number of nitrogens with zero attached hydrogens (tertiary/aromatic N) is 4. The third-order valence-corrected chi connectivity index (χ3v) is 3.75. The van der Waals surface area contributed by atoms with E-state index in [1.54, 1.807) is 23.1 Å². The summed E-state index contributed by atoms with van der Waals surface area (Å²) in [4.78, 5) is 20.1. The first-order valence-corrected chi connectivity index (χ1v) is 8.07. The summed E-state index contributed by atoms with van der Waals surface area (Å²) in [5, 5.41) is 10.0. The fraction of sp³-hybridized carbons (Fsp3) is 0.158. The zero-order chi connectivity index (χ0) is 18.2. The number of pyridine rings is 1. The Morgan fingerprint density at radius 3 is 2.73 bits per heavy atom. The number of nitrogens with one attached hydrogen (secondary N) is 2. The lowest BCUT2D eigenvalue weighted by molar-refractivity contribution is 0.0958. The molecular weight excluding hydrogens is 328 g/mol. The van der Waals surface area contributed by atoms with Crippen LogP contribution in [0.25, 0.3) is 0 Å². The van der Waals surface area contributed by atoms with E-state index in [0.717, 1.165) is 11.1 Å². The summed E-state index contributed by atoms with van der Waals surface area (Å²) in [6, 6.07) is 11.6. The van der Waals surface area contributed by atoms with Crippen LogP contribution in [-0.4, -0.2) is 32.2 Å². The van der Waals surface area contributed by atoms with Gasteiger partial charge in [-0.25, -0.2) is 14.6 Å². The first kappa shape index (κ1) is 17.2. The third-order valence-electron chi connectivity index (χ3n) is 3.75. The number of aromatic nitrogens is 4. The molecule has 2 aromatic heterocycles. The van der Waals surface area contributed by atoms with Gasteiger partial charge in [0.05, 0.1) is 18.7 Å². The first-order valence-electron chi connectivity index (χ1n) is 8.07. The molecule has 0 saturated carbocycles. The summed E-state index contributed by atoms with van der Waals surface area (Å²) >= 11 is 0. The molecule has 0 aliphatic carbocycles. The summed E-state index contributed by atoms with van der Waals surface area (Å²) in [7, 11) is 0. The average Bonchev–Trinajstić information content (AvgIpc) is 3.19. The van der Waals surface area contributed by atoms with Crippen LogP contribution in [0.4, 0.5) is 5.82 Å². The fourth-order valence-corrected chi connectivity index (χ4v) is 2.43. The van der Waals surface area contributed by atoms with Gasteiger partial charge in [0.25, 0.3) is 5.91 Å². The quantitative estimate of drug-likeness (QED) is 0.636. The molecule has 0 atom stereocenters. The van der Waals surface area contributed by atoms with E-state index in [2.05, 4.69) is 43.8 Å². The number of carbonyl (C=O) groups excluding carboxylic acids is 1. The van der Waals surface area contributed by atoms with Gasteiger partial charge in [0.15, 0.2) is 0 Å². The number of rotatable bonds is 7. The van der Waals surface area contributed by atoms with Crippen LogP contribution in [0.5, 0.6) is 0 Å². The molecule has 0 saturated heterocycles. The molecule has 0 unspecified atom stereocenters. The fourth-order valence-electron chi connectivity index (χ4n) is 2.43. The zero-order valence-corrected chi connectivity index (χ0v) is 14.1. The predicted octanol–water partition coefficient (Wildman–Crippen LogP) is 1.70. The summed E-state index contributed by atoms with van der Waals surface area (Å²) < 4.78 is 1.78. The van der Waals surface area contributed by atoms with Crippen molar-refractivity contribution in [2.75, 3.05) is 11.9 Å². The van der Waals surface area contributed by atoms with E-state index in [9.17, 15) is 4.79 Å². The molecule has 2 N–H and O–H groups in total. The largest absolute Gasteiger partial charge is 0.366 e. The smallest absolute Gasteiger partial charge is 0.253 e. The third kappa shape index (κ3) is 4.45. The van der Waals surface area contributed by atoms with E-state index < -0.39 is 0 Å². The van der Waals surface area contributed by atoms with Crippen molar-refractivity contribution in [3.8, 4) is 12.3 Å². The maximum atomic E-state index is 11.8. The Kier molecular flexibility index (Phi) is 5.58. The molecule has 0 radical (unpaired) electrons. The van der Waals surface area contributed by atoms with Gasteiger partial charge in [0.2, 0.25) is 0 Å². The molecule has 130 valence electrons. The average molecular weight is 346 g/mol. The predicted molar refractivity (Wildman–Crippen MR) is 98.3 cm³/mol. The molecular formula is C19H18N6O. The molecule has 0 aliphatic heterocycles. The normalized spacial score (nSPS) is 10.1. The van der Waals surface area contributed by atoms with Gasteiger partial charge in [0.1, 0.15) is 18.5 Å². The number of hydrogen-bond acceptors (Lipinski definition) is 5. The summed E-state index contributed by atoms with van der Waals surface area (Å²) in [5.41, 5.74) is 2.76. The second-order valence-corrected chi connectivity index (χ2v) is 5.53. The van der Waals surface area contributed by atoms with Crippen LogP contribution in [-0.2, 0) is 13.1 Å².